The van der Waals surface area contributed by atoms with Crippen molar-refractivity contribution in [3.8, 4) is 0 Å². The van der Waals surface area contributed by atoms with Gasteiger partial charge in [-0.05, 0) is 43.7 Å². The van der Waals surface area contributed by atoms with Crippen LogP contribution in [-0.2, 0) is 4.74 Å². The van der Waals surface area contributed by atoms with Crippen LogP contribution in [0.15, 0.2) is 48.5 Å². The number of thiophene rings is 1. The quantitative estimate of drug-likeness (QED) is 0.290. The predicted octanol–water partition coefficient (Wildman–Crippen LogP) is 4.79. The zero-order valence-corrected chi connectivity index (χ0v) is 18.3. The van der Waals surface area contributed by atoms with Gasteiger partial charge in [-0.2, -0.15) is 0 Å². The molecule has 1 heterocycles. The maximum absolute atomic E-state index is 13.9. The number of hydrogen-bond acceptors (Lipinski definition) is 7. The van der Waals surface area contributed by atoms with Gasteiger partial charge in [0, 0.05) is 17.7 Å². The Morgan fingerprint density at radius 3 is 2.33 bits per heavy atom. The molecule has 1 aromatic heterocycles. The molecule has 9 nitrogen and oxygen atoms in total. The number of nitro groups is 1. The van der Waals surface area contributed by atoms with Crippen LogP contribution in [0.4, 0.5) is 20.8 Å². The zero-order chi connectivity index (χ0) is 24.1. The van der Waals surface area contributed by atoms with Crippen molar-refractivity contribution in [2.45, 2.75) is 13.8 Å². The summed E-state index contributed by atoms with van der Waals surface area (Å²) < 4.78 is 19.0. The van der Waals surface area contributed by atoms with E-state index < -0.39 is 28.5 Å². The first-order valence-electron chi connectivity index (χ1n) is 9.65. The highest BCUT2D eigenvalue weighted by Gasteiger charge is 2.27. The van der Waals surface area contributed by atoms with Crippen LogP contribution in [0, 0.1) is 22.9 Å². The molecule has 3 rings (SSSR count). The van der Waals surface area contributed by atoms with E-state index in [1.54, 1.807) is 13.0 Å². The van der Waals surface area contributed by atoms with Crippen LogP contribution >= 0.6 is 11.3 Å². The maximum atomic E-state index is 13.9. The molecule has 33 heavy (non-hydrogen) atoms. The average Bonchev–Trinajstić information content (AvgIpc) is 3.11. The van der Waals surface area contributed by atoms with Crippen LogP contribution in [0.25, 0.3) is 0 Å². The standard InChI is InChI=1S/C22H18FN3O6S/c1-3-32-22(29)17-12(2)18(20(28)24-16-7-5-4-6-15(16)23)33-21(17)25-19(27)13-8-10-14(11-9-13)26(30)31/h4-11H,3H2,1-2H3,(H,24,28)(H,25,27). The van der Waals surface area contributed by atoms with E-state index in [4.69, 9.17) is 4.74 Å². The molecule has 0 atom stereocenters. The van der Waals surface area contributed by atoms with Gasteiger partial charge in [0.2, 0.25) is 0 Å². The summed E-state index contributed by atoms with van der Waals surface area (Å²) in [5.41, 5.74) is 0.142. The summed E-state index contributed by atoms with van der Waals surface area (Å²) in [7, 11) is 0. The number of rotatable bonds is 7. The first-order chi connectivity index (χ1) is 15.7. The third-order valence-electron chi connectivity index (χ3n) is 4.52. The Balaban J connectivity index is 1.93. The Hall–Kier alpha value is -4.12. The van der Waals surface area contributed by atoms with E-state index >= 15 is 0 Å². The molecule has 2 N–H and O–H groups in total. The van der Waals surface area contributed by atoms with Crippen LogP contribution < -0.4 is 10.6 Å². The molecular formula is C22H18FN3O6S. The highest BCUT2D eigenvalue weighted by atomic mass is 32.1. The van der Waals surface area contributed by atoms with Gasteiger partial charge in [-0.1, -0.05) is 12.1 Å². The number of non-ortho nitro benzene ring substituents is 1. The number of amides is 2. The molecule has 2 amide bonds. The van der Waals surface area contributed by atoms with Crippen molar-refractivity contribution in [1.82, 2.24) is 0 Å². The number of carbonyl (C=O) groups excluding carboxylic acids is 3. The van der Waals surface area contributed by atoms with Gasteiger partial charge >= 0.3 is 5.97 Å². The second-order valence-corrected chi connectivity index (χ2v) is 7.69. The normalized spacial score (nSPS) is 10.4. The fourth-order valence-electron chi connectivity index (χ4n) is 2.92. The van der Waals surface area contributed by atoms with Gasteiger partial charge in [-0.3, -0.25) is 19.7 Å². The summed E-state index contributed by atoms with van der Waals surface area (Å²) in [5.74, 6) is -2.67. The van der Waals surface area contributed by atoms with E-state index in [0.29, 0.717) is 0 Å². The lowest BCUT2D eigenvalue weighted by Gasteiger charge is -2.07. The Kier molecular flexibility index (Phi) is 7.13. The monoisotopic (exact) mass is 471 g/mol. The number of hydrogen-bond donors (Lipinski definition) is 2. The minimum absolute atomic E-state index is 0.00389. The summed E-state index contributed by atoms with van der Waals surface area (Å²) in [6.07, 6.45) is 0. The van der Waals surface area contributed by atoms with Crippen molar-refractivity contribution >= 4 is 45.5 Å². The minimum Gasteiger partial charge on any atom is -0.462 e. The molecule has 0 fully saturated rings. The molecule has 0 aliphatic carbocycles. The molecule has 0 spiro atoms. The number of benzene rings is 2. The van der Waals surface area contributed by atoms with Crippen LogP contribution in [-0.4, -0.2) is 29.3 Å². The van der Waals surface area contributed by atoms with Crippen LogP contribution in [0.2, 0.25) is 0 Å². The predicted molar refractivity (Wildman–Crippen MR) is 120 cm³/mol. The lowest BCUT2D eigenvalue weighted by molar-refractivity contribution is -0.384. The van der Waals surface area contributed by atoms with Crippen LogP contribution in [0.5, 0.6) is 0 Å². The highest BCUT2D eigenvalue weighted by molar-refractivity contribution is 7.19. The summed E-state index contributed by atoms with van der Waals surface area (Å²) in [5, 5.41) is 15.9. The lowest BCUT2D eigenvalue weighted by Crippen LogP contribution is -2.15. The molecule has 0 unspecified atom stereocenters. The Morgan fingerprint density at radius 1 is 1.06 bits per heavy atom. The molecule has 11 heteroatoms. The van der Waals surface area contributed by atoms with Gasteiger partial charge in [0.15, 0.2) is 0 Å². The fourth-order valence-corrected chi connectivity index (χ4v) is 4.00. The van der Waals surface area contributed by atoms with Crippen molar-refractivity contribution in [3.63, 3.8) is 0 Å². The summed E-state index contributed by atoms with van der Waals surface area (Å²) >= 11 is 0.829. The number of carbonyl (C=O) groups is 3. The first kappa shape index (κ1) is 23.5. The molecule has 2 aromatic carbocycles. The summed E-state index contributed by atoms with van der Waals surface area (Å²) in [6, 6.07) is 10.5. The third-order valence-corrected chi connectivity index (χ3v) is 5.73. The number of para-hydroxylation sites is 1. The summed E-state index contributed by atoms with van der Waals surface area (Å²) in [6.45, 7) is 3.20. The molecule has 0 saturated heterocycles. The Morgan fingerprint density at radius 2 is 1.73 bits per heavy atom. The number of nitro benzene ring substituents is 1. The molecule has 0 radical (unpaired) electrons. The molecule has 0 aliphatic heterocycles. The zero-order valence-electron chi connectivity index (χ0n) is 17.5. The second kappa shape index (κ2) is 10.0. The number of anilines is 2. The highest BCUT2D eigenvalue weighted by Crippen LogP contribution is 2.35. The fraction of sp³-hybridized carbons (Fsp3) is 0.136. The SMILES string of the molecule is CCOC(=O)c1c(NC(=O)c2ccc([N+](=O)[O-])cc2)sc(C(=O)Nc2ccccc2F)c1C. The smallest absolute Gasteiger partial charge is 0.341 e. The van der Waals surface area contributed by atoms with Crippen molar-refractivity contribution in [2.24, 2.45) is 0 Å². The number of ether oxygens (including phenoxy) is 1. The Bertz CT molecular complexity index is 1240. The topological polar surface area (TPSA) is 128 Å². The van der Waals surface area contributed by atoms with E-state index in [0.717, 1.165) is 11.3 Å². The number of halogens is 1. The van der Waals surface area contributed by atoms with Crippen molar-refractivity contribution in [1.29, 1.82) is 0 Å². The van der Waals surface area contributed by atoms with Gasteiger partial charge < -0.3 is 15.4 Å². The second-order valence-electron chi connectivity index (χ2n) is 6.67. The van der Waals surface area contributed by atoms with Gasteiger partial charge in [-0.15, -0.1) is 11.3 Å². The van der Waals surface area contributed by atoms with Crippen molar-refractivity contribution < 1.29 is 28.4 Å². The lowest BCUT2D eigenvalue weighted by atomic mass is 10.1. The van der Waals surface area contributed by atoms with Gasteiger partial charge in [0.05, 0.1) is 27.7 Å². The summed E-state index contributed by atoms with van der Waals surface area (Å²) in [4.78, 5) is 48.3. The molecule has 0 aliphatic rings. The molecule has 170 valence electrons. The number of nitrogens with zero attached hydrogens (tertiary/aromatic N) is 1. The van der Waals surface area contributed by atoms with E-state index in [1.165, 1.54) is 49.4 Å². The van der Waals surface area contributed by atoms with Gasteiger partial charge in [0.25, 0.3) is 17.5 Å². The van der Waals surface area contributed by atoms with E-state index in [1.807, 2.05) is 0 Å². The van der Waals surface area contributed by atoms with E-state index in [2.05, 4.69) is 10.6 Å². The van der Waals surface area contributed by atoms with E-state index in [-0.39, 0.29) is 44.6 Å². The number of nitrogens with one attached hydrogen (secondary N) is 2. The van der Waals surface area contributed by atoms with Gasteiger partial charge in [-0.25, -0.2) is 9.18 Å². The van der Waals surface area contributed by atoms with E-state index in [9.17, 15) is 28.9 Å². The maximum Gasteiger partial charge on any atom is 0.341 e. The Labute approximate surface area is 191 Å². The molecule has 0 saturated carbocycles. The molecule has 0 bridgehead atoms. The largest absolute Gasteiger partial charge is 0.462 e. The van der Waals surface area contributed by atoms with Crippen LogP contribution in [0.3, 0.4) is 0 Å². The van der Waals surface area contributed by atoms with Crippen LogP contribution in [0.1, 0.15) is 42.9 Å². The number of esters is 1. The molecule has 3 aromatic rings. The minimum atomic E-state index is -0.741. The van der Waals surface area contributed by atoms with Crippen molar-refractivity contribution in [3.05, 3.63) is 86.0 Å². The van der Waals surface area contributed by atoms with Gasteiger partial charge in [0.1, 0.15) is 10.8 Å². The first-order valence-corrected chi connectivity index (χ1v) is 10.5. The third kappa shape index (κ3) is 5.21. The molecular weight excluding hydrogens is 453 g/mol. The average molecular weight is 471 g/mol. The van der Waals surface area contributed by atoms with Crippen molar-refractivity contribution in [2.75, 3.05) is 17.2 Å².